The maximum atomic E-state index is 11.9. The van der Waals surface area contributed by atoms with Gasteiger partial charge >= 0.3 is 0 Å². The van der Waals surface area contributed by atoms with Gasteiger partial charge in [-0.2, -0.15) is 0 Å². The Morgan fingerprint density at radius 3 is 2.90 bits per heavy atom. The molecule has 2 heterocycles. The molecule has 1 aliphatic heterocycles. The molecule has 0 radical (unpaired) electrons. The number of amides is 1. The highest BCUT2D eigenvalue weighted by atomic mass is 16.1. The maximum absolute atomic E-state index is 11.9. The summed E-state index contributed by atoms with van der Waals surface area (Å²) in [5, 5.41) is 4.09. The van der Waals surface area contributed by atoms with E-state index < -0.39 is 0 Å². The average Bonchev–Trinajstić information content (AvgIpc) is 2.41. The molecule has 1 aromatic heterocycles. The van der Waals surface area contributed by atoms with Crippen molar-refractivity contribution in [3.05, 3.63) is 30.5 Å². The third-order valence-electron chi connectivity index (χ3n) is 3.73. The first-order valence-corrected chi connectivity index (χ1v) is 7.11. The molecule has 0 saturated heterocycles. The molecule has 0 aliphatic carbocycles. The molecular weight excluding hydrogens is 250 g/mol. The molecule has 1 amide bonds. The molecule has 0 bridgehead atoms. The number of carbonyl (C=O) groups is 1. The number of aromatic nitrogens is 1. The van der Waals surface area contributed by atoms with Gasteiger partial charge in [-0.25, -0.2) is 0 Å². The molecular formula is C16H19N3O. The smallest absolute Gasteiger partial charge is 0.224 e. The quantitative estimate of drug-likeness (QED) is 0.864. The van der Waals surface area contributed by atoms with E-state index in [1.54, 1.807) is 6.20 Å². The number of hydrogen-bond donors (Lipinski definition) is 1. The van der Waals surface area contributed by atoms with Crippen molar-refractivity contribution in [2.75, 3.05) is 16.8 Å². The Labute approximate surface area is 118 Å². The van der Waals surface area contributed by atoms with Crippen molar-refractivity contribution in [1.82, 2.24) is 4.98 Å². The first-order chi connectivity index (χ1) is 9.66. The van der Waals surface area contributed by atoms with E-state index in [1.165, 1.54) is 0 Å². The van der Waals surface area contributed by atoms with Crippen molar-refractivity contribution in [2.24, 2.45) is 0 Å². The van der Waals surface area contributed by atoms with Crippen LogP contribution in [0.25, 0.3) is 10.9 Å². The molecule has 3 rings (SSSR count). The molecule has 4 nitrogen and oxygen atoms in total. The predicted octanol–water partition coefficient (Wildman–Crippen LogP) is 3.18. The van der Waals surface area contributed by atoms with Crippen LogP contribution in [0.5, 0.6) is 0 Å². The second kappa shape index (κ2) is 5.12. The Morgan fingerprint density at radius 2 is 2.10 bits per heavy atom. The number of rotatable bonds is 1. The van der Waals surface area contributed by atoms with Gasteiger partial charge in [0.15, 0.2) is 0 Å². The van der Waals surface area contributed by atoms with Crippen LogP contribution >= 0.6 is 0 Å². The number of carbonyl (C=O) groups excluding carboxylic acids is 1. The lowest BCUT2D eigenvalue weighted by molar-refractivity contribution is -0.116. The van der Waals surface area contributed by atoms with E-state index in [4.69, 9.17) is 0 Å². The summed E-state index contributed by atoms with van der Waals surface area (Å²) in [6.45, 7) is 5.26. The predicted molar refractivity (Wildman–Crippen MR) is 82.1 cm³/mol. The number of hydrogen-bond acceptors (Lipinski definition) is 3. The lowest BCUT2D eigenvalue weighted by Crippen LogP contribution is -2.35. The second-order valence-corrected chi connectivity index (χ2v) is 5.48. The third-order valence-corrected chi connectivity index (χ3v) is 3.73. The van der Waals surface area contributed by atoms with Gasteiger partial charge < -0.3 is 10.2 Å². The fraction of sp³-hybridized carbons (Fsp3) is 0.375. The normalized spacial score (nSPS) is 15.8. The van der Waals surface area contributed by atoms with Gasteiger partial charge in [-0.05, 0) is 26.3 Å². The molecule has 1 aliphatic rings. The molecule has 0 unspecified atom stereocenters. The summed E-state index contributed by atoms with van der Waals surface area (Å²) in [6, 6.07) is 8.47. The monoisotopic (exact) mass is 269 g/mol. The minimum atomic E-state index is 0.0757. The molecule has 2 aromatic rings. The van der Waals surface area contributed by atoms with E-state index in [0.29, 0.717) is 12.5 Å². The van der Waals surface area contributed by atoms with Crippen LogP contribution in [0, 0.1) is 0 Å². The van der Waals surface area contributed by atoms with Crippen LogP contribution in [0.1, 0.15) is 26.7 Å². The Morgan fingerprint density at radius 1 is 1.30 bits per heavy atom. The van der Waals surface area contributed by atoms with E-state index in [0.717, 1.165) is 35.2 Å². The van der Waals surface area contributed by atoms with E-state index >= 15 is 0 Å². The van der Waals surface area contributed by atoms with Crippen molar-refractivity contribution < 1.29 is 4.79 Å². The SMILES string of the molecule is CC(C)N1CCCC(=O)Nc2cnc3ccccc3c21. The topological polar surface area (TPSA) is 45.2 Å². The van der Waals surface area contributed by atoms with Crippen LogP contribution in [0.2, 0.25) is 0 Å². The van der Waals surface area contributed by atoms with E-state index in [2.05, 4.69) is 35.1 Å². The zero-order valence-electron chi connectivity index (χ0n) is 11.9. The van der Waals surface area contributed by atoms with Gasteiger partial charge in [0, 0.05) is 24.4 Å². The van der Waals surface area contributed by atoms with Crippen molar-refractivity contribution in [2.45, 2.75) is 32.7 Å². The number of anilines is 2. The number of para-hydroxylation sites is 1. The van der Waals surface area contributed by atoms with E-state index in [9.17, 15) is 4.79 Å². The van der Waals surface area contributed by atoms with Crippen LogP contribution < -0.4 is 10.2 Å². The summed E-state index contributed by atoms with van der Waals surface area (Å²) in [6.07, 6.45) is 3.21. The van der Waals surface area contributed by atoms with Gasteiger partial charge in [-0.1, -0.05) is 18.2 Å². The summed E-state index contributed by atoms with van der Waals surface area (Å²) < 4.78 is 0. The fourth-order valence-electron chi connectivity index (χ4n) is 2.78. The minimum absolute atomic E-state index is 0.0757. The van der Waals surface area contributed by atoms with Crippen molar-refractivity contribution in [1.29, 1.82) is 0 Å². The number of pyridine rings is 1. The molecule has 4 heteroatoms. The molecule has 1 N–H and O–H groups in total. The zero-order valence-corrected chi connectivity index (χ0v) is 11.9. The third kappa shape index (κ3) is 2.22. The Balaban J connectivity index is 2.25. The molecule has 1 aromatic carbocycles. The van der Waals surface area contributed by atoms with Crippen LogP contribution in [-0.2, 0) is 4.79 Å². The number of nitrogens with zero attached hydrogens (tertiary/aromatic N) is 2. The first-order valence-electron chi connectivity index (χ1n) is 7.11. The Kier molecular flexibility index (Phi) is 3.30. The van der Waals surface area contributed by atoms with Crippen LogP contribution in [0.15, 0.2) is 30.5 Å². The van der Waals surface area contributed by atoms with Gasteiger partial charge in [0.1, 0.15) is 0 Å². The molecule has 0 saturated carbocycles. The summed E-state index contributed by atoms with van der Waals surface area (Å²) in [4.78, 5) is 18.7. The molecule has 0 fully saturated rings. The van der Waals surface area contributed by atoms with Gasteiger partial charge in [0.2, 0.25) is 5.91 Å². The molecule has 104 valence electrons. The summed E-state index contributed by atoms with van der Waals surface area (Å²) in [5.41, 5.74) is 2.88. The summed E-state index contributed by atoms with van der Waals surface area (Å²) >= 11 is 0. The highest BCUT2D eigenvalue weighted by Gasteiger charge is 2.21. The molecule has 0 atom stereocenters. The lowest BCUT2D eigenvalue weighted by Gasteiger charge is -2.33. The van der Waals surface area contributed by atoms with Crippen molar-refractivity contribution in [3.8, 4) is 0 Å². The second-order valence-electron chi connectivity index (χ2n) is 5.48. The lowest BCUT2D eigenvalue weighted by atomic mass is 10.1. The first kappa shape index (κ1) is 12.9. The van der Waals surface area contributed by atoms with Crippen LogP contribution in [0.3, 0.4) is 0 Å². The van der Waals surface area contributed by atoms with Crippen molar-refractivity contribution in [3.63, 3.8) is 0 Å². The highest BCUT2D eigenvalue weighted by Crippen LogP contribution is 2.35. The van der Waals surface area contributed by atoms with Gasteiger partial charge in [0.05, 0.1) is 23.1 Å². The number of benzene rings is 1. The summed E-state index contributed by atoms with van der Waals surface area (Å²) in [5.74, 6) is 0.0757. The van der Waals surface area contributed by atoms with Crippen LogP contribution in [-0.4, -0.2) is 23.5 Å². The summed E-state index contributed by atoms with van der Waals surface area (Å²) in [7, 11) is 0. The Bertz CT molecular complexity index is 651. The van der Waals surface area contributed by atoms with Gasteiger partial charge in [-0.3, -0.25) is 9.78 Å². The average molecular weight is 269 g/mol. The van der Waals surface area contributed by atoms with Gasteiger partial charge in [-0.15, -0.1) is 0 Å². The molecule has 0 spiro atoms. The largest absolute Gasteiger partial charge is 0.367 e. The van der Waals surface area contributed by atoms with E-state index in [1.807, 2.05) is 18.2 Å². The van der Waals surface area contributed by atoms with E-state index in [-0.39, 0.29) is 5.91 Å². The van der Waals surface area contributed by atoms with Crippen molar-refractivity contribution >= 4 is 28.2 Å². The zero-order chi connectivity index (χ0) is 14.1. The highest BCUT2D eigenvalue weighted by molar-refractivity contribution is 6.03. The fourth-order valence-corrected chi connectivity index (χ4v) is 2.78. The minimum Gasteiger partial charge on any atom is -0.367 e. The molecule has 20 heavy (non-hydrogen) atoms. The number of fused-ring (bicyclic) bond motifs is 3. The maximum Gasteiger partial charge on any atom is 0.224 e. The van der Waals surface area contributed by atoms with Gasteiger partial charge in [0.25, 0.3) is 0 Å². The standard InChI is InChI=1S/C16H19N3O/c1-11(2)19-9-5-8-15(20)18-14-10-17-13-7-4-3-6-12(13)16(14)19/h3-4,6-7,10-11H,5,8-9H2,1-2H3,(H,18,20). The Hall–Kier alpha value is -2.10. The number of nitrogens with one attached hydrogen (secondary N) is 1. The van der Waals surface area contributed by atoms with Crippen LogP contribution in [0.4, 0.5) is 11.4 Å².